The monoisotopic (exact) mass is 452 g/mol. The van der Waals surface area contributed by atoms with Crippen LogP contribution in [0.25, 0.3) is 0 Å². The fraction of sp³-hybridized carbons (Fsp3) is 0.389. The molecule has 0 aromatic heterocycles. The molecular weight excluding hydrogens is 431 g/mol. The number of likely N-dealkylation sites (N-methyl/N-ethyl adjacent to an activating group) is 1. The summed E-state index contributed by atoms with van der Waals surface area (Å²) in [5, 5.41) is 2.51. The number of nitrogens with zero attached hydrogens (tertiary/aromatic N) is 3. The van der Waals surface area contributed by atoms with E-state index >= 15 is 0 Å². The molecule has 166 valence electrons. The predicted octanol–water partition coefficient (Wildman–Crippen LogP) is -0.428. The quantitative estimate of drug-likeness (QED) is 0.226. The fourth-order valence-electron chi connectivity index (χ4n) is 3.34. The first-order chi connectivity index (χ1) is 14.5. The molecule has 2 fully saturated rings. The van der Waals surface area contributed by atoms with Gasteiger partial charge in [0.25, 0.3) is 0 Å². The van der Waals surface area contributed by atoms with Crippen molar-refractivity contribution in [3.8, 4) is 0 Å². The van der Waals surface area contributed by atoms with Crippen molar-refractivity contribution in [3.63, 3.8) is 0 Å². The van der Waals surface area contributed by atoms with Crippen LogP contribution in [-0.4, -0.2) is 80.0 Å². The van der Waals surface area contributed by atoms with E-state index in [1.54, 1.807) is 25.1 Å². The van der Waals surface area contributed by atoms with E-state index in [2.05, 4.69) is 5.32 Å². The minimum absolute atomic E-state index is 0.0279. The van der Waals surface area contributed by atoms with Crippen LogP contribution in [0.1, 0.15) is 12.5 Å². The molecule has 31 heavy (non-hydrogen) atoms. The smallest absolute Gasteiger partial charge is 0.333 e. The number of hydrogen-bond acceptors (Lipinski definition) is 6. The van der Waals surface area contributed by atoms with Crippen molar-refractivity contribution >= 4 is 43.0 Å². The highest BCUT2D eigenvalue weighted by Gasteiger charge is 2.49. The molecule has 0 spiro atoms. The van der Waals surface area contributed by atoms with Crippen LogP contribution in [0, 0.1) is 5.92 Å². The highest BCUT2D eigenvalue weighted by molar-refractivity contribution is 7.50. The Morgan fingerprint density at radius 1 is 1.13 bits per heavy atom. The zero-order valence-electron chi connectivity index (χ0n) is 16.6. The van der Waals surface area contributed by atoms with E-state index in [4.69, 9.17) is 9.79 Å². The van der Waals surface area contributed by atoms with Crippen LogP contribution in [0.4, 0.5) is 10.5 Å². The van der Waals surface area contributed by atoms with Gasteiger partial charge in [-0.2, -0.15) is 0 Å². The highest BCUT2D eigenvalue weighted by atomic mass is 31.2. The minimum Gasteiger partial charge on any atom is -0.333 e. The standard InChI is InChI=1S/C18H21N4O8P/c1-2-20-7-8-21(17(26)16(20)25)18(27)19-13-6-4-3-5-11(13)9-14(23)12-10-22(15(12)24)31(28,29)30/h3-6,12H,2,7-10H2,1H3,(H,19,27)(H2,28,29,30)/t12-/m0/s1. The molecule has 5 amide bonds. The van der Waals surface area contributed by atoms with Gasteiger partial charge in [-0.3, -0.25) is 24.1 Å². The molecular formula is C18H21N4O8P. The molecule has 3 rings (SSSR count). The lowest BCUT2D eigenvalue weighted by molar-refractivity contribution is -0.153. The van der Waals surface area contributed by atoms with E-state index in [-0.39, 0.29) is 31.7 Å². The highest BCUT2D eigenvalue weighted by Crippen LogP contribution is 2.46. The van der Waals surface area contributed by atoms with Crippen LogP contribution < -0.4 is 5.32 Å². The van der Waals surface area contributed by atoms with Crippen molar-refractivity contribution in [1.29, 1.82) is 0 Å². The van der Waals surface area contributed by atoms with Gasteiger partial charge < -0.3 is 20.0 Å². The van der Waals surface area contributed by atoms with E-state index < -0.39 is 43.2 Å². The Balaban J connectivity index is 1.67. The minimum atomic E-state index is -4.74. The Morgan fingerprint density at radius 3 is 2.42 bits per heavy atom. The number of amides is 5. The molecule has 0 aliphatic carbocycles. The number of carbonyl (C=O) groups is 5. The number of hydrogen-bond donors (Lipinski definition) is 3. The zero-order chi connectivity index (χ0) is 22.9. The number of imide groups is 1. The lowest BCUT2D eigenvalue weighted by Gasteiger charge is -2.37. The molecule has 13 heteroatoms. The molecule has 2 aliphatic heterocycles. The third-order valence-corrected chi connectivity index (χ3v) is 6.16. The van der Waals surface area contributed by atoms with E-state index in [0.29, 0.717) is 16.8 Å². The summed E-state index contributed by atoms with van der Waals surface area (Å²) in [7, 11) is -4.74. The van der Waals surface area contributed by atoms with Crippen LogP contribution in [0.2, 0.25) is 0 Å². The second-order valence-corrected chi connectivity index (χ2v) is 8.57. The Labute approximate surface area is 177 Å². The van der Waals surface area contributed by atoms with Gasteiger partial charge in [0, 0.05) is 31.7 Å². The molecule has 1 aromatic carbocycles. The maximum atomic E-state index is 12.6. The molecule has 0 unspecified atom stereocenters. The molecule has 3 N–H and O–H groups in total. The molecule has 1 aromatic rings. The van der Waals surface area contributed by atoms with E-state index in [1.807, 2.05) is 0 Å². The Bertz CT molecular complexity index is 1010. The number of benzene rings is 1. The summed E-state index contributed by atoms with van der Waals surface area (Å²) in [4.78, 5) is 81.3. The van der Waals surface area contributed by atoms with Crippen LogP contribution in [0.3, 0.4) is 0 Å². The lowest BCUT2D eigenvalue weighted by atomic mass is 9.91. The summed E-state index contributed by atoms with van der Waals surface area (Å²) >= 11 is 0. The SMILES string of the molecule is CCN1CCN(C(=O)Nc2ccccc2CC(=O)[C@@H]2CN(P(=O)(O)O)C2=O)C(=O)C1=O. The van der Waals surface area contributed by atoms with Crippen molar-refractivity contribution in [3.05, 3.63) is 29.8 Å². The van der Waals surface area contributed by atoms with Gasteiger partial charge >= 0.3 is 25.6 Å². The van der Waals surface area contributed by atoms with Gasteiger partial charge in [-0.1, -0.05) is 18.2 Å². The van der Waals surface area contributed by atoms with E-state index in [0.717, 1.165) is 4.90 Å². The summed E-state index contributed by atoms with van der Waals surface area (Å²) in [6, 6.07) is 5.42. The Morgan fingerprint density at radius 2 is 1.81 bits per heavy atom. The number of carbonyl (C=O) groups excluding carboxylic acids is 5. The largest absolute Gasteiger partial charge is 0.432 e. The molecule has 2 saturated heterocycles. The van der Waals surface area contributed by atoms with Crippen LogP contribution in [0.5, 0.6) is 0 Å². The van der Waals surface area contributed by atoms with Crippen LogP contribution >= 0.6 is 7.75 Å². The third kappa shape index (κ3) is 4.50. The average molecular weight is 452 g/mol. The summed E-state index contributed by atoms with van der Waals surface area (Å²) in [6.07, 6.45) is -0.266. The number of β-lactam (4-membered cyclic amide) rings is 1. The number of ketones is 1. The molecule has 0 bridgehead atoms. The summed E-state index contributed by atoms with van der Waals surface area (Å²) in [5.41, 5.74) is 0.576. The second kappa shape index (κ2) is 8.58. The molecule has 0 saturated carbocycles. The van der Waals surface area contributed by atoms with Crippen molar-refractivity contribution in [2.45, 2.75) is 13.3 Å². The van der Waals surface area contributed by atoms with Crippen molar-refractivity contribution in [2.75, 3.05) is 31.5 Å². The Kier molecular flexibility index (Phi) is 6.25. The van der Waals surface area contributed by atoms with E-state index in [1.165, 1.54) is 11.0 Å². The first-order valence-corrected chi connectivity index (χ1v) is 11.0. The van der Waals surface area contributed by atoms with Gasteiger partial charge in [-0.05, 0) is 18.6 Å². The van der Waals surface area contributed by atoms with Gasteiger partial charge in [0.2, 0.25) is 5.91 Å². The van der Waals surface area contributed by atoms with Crippen molar-refractivity contribution in [2.24, 2.45) is 5.92 Å². The predicted molar refractivity (Wildman–Crippen MR) is 105 cm³/mol. The average Bonchev–Trinajstić information content (AvgIpc) is 2.69. The number of nitrogens with one attached hydrogen (secondary N) is 1. The first kappa shape index (κ1) is 22.6. The molecule has 2 aliphatic rings. The number of rotatable bonds is 6. The summed E-state index contributed by atoms with van der Waals surface area (Å²) < 4.78 is 11.5. The van der Waals surface area contributed by atoms with Crippen molar-refractivity contribution in [1.82, 2.24) is 14.5 Å². The number of piperazine rings is 1. The topological polar surface area (TPSA) is 165 Å². The van der Waals surface area contributed by atoms with Crippen LogP contribution in [0.15, 0.2) is 24.3 Å². The zero-order valence-corrected chi connectivity index (χ0v) is 17.4. The van der Waals surface area contributed by atoms with Gasteiger partial charge in [-0.15, -0.1) is 0 Å². The van der Waals surface area contributed by atoms with Gasteiger partial charge in [-0.25, -0.2) is 14.0 Å². The first-order valence-electron chi connectivity index (χ1n) is 9.44. The maximum Gasteiger partial charge on any atom is 0.432 e. The number of para-hydroxylation sites is 1. The van der Waals surface area contributed by atoms with Crippen LogP contribution in [-0.2, 0) is 30.2 Å². The maximum absolute atomic E-state index is 12.6. The summed E-state index contributed by atoms with van der Waals surface area (Å²) in [6.45, 7) is 1.94. The number of Topliss-reactive ketones (excluding diaryl/α,β-unsaturated/α-hetero) is 1. The van der Waals surface area contributed by atoms with Gasteiger partial charge in [0.1, 0.15) is 5.92 Å². The fourth-order valence-corrected chi connectivity index (χ4v) is 4.11. The molecule has 2 heterocycles. The Hall–Kier alpha value is -3.08. The van der Waals surface area contributed by atoms with Crippen molar-refractivity contribution < 1.29 is 38.3 Å². The summed E-state index contributed by atoms with van der Waals surface area (Å²) in [5.74, 6) is -4.39. The number of anilines is 1. The van der Waals surface area contributed by atoms with E-state index in [9.17, 15) is 28.5 Å². The number of urea groups is 1. The molecule has 0 radical (unpaired) electrons. The molecule has 1 atom stereocenters. The normalized spacial score (nSPS) is 19.4. The molecule has 12 nitrogen and oxygen atoms in total. The lowest BCUT2D eigenvalue weighted by Crippen LogP contribution is -2.57. The third-order valence-electron chi connectivity index (χ3n) is 5.17. The second-order valence-electron chi connectivity index (χ2n) is 7.06. The van der Waals surface area contributed by atoms with Gasteiger partial charge in [0.15, 0.2) is 5.78 Å². The van der Waals surface area contributed by atoms with Gasteiger partial charge in [0.05, 0.1) is 6.54 Å².